The normalized spacial score (nSPS) is 11.9. The summed E-state index contributed by atoms with van der Waals surface area (Å²) in [6.45, 7) is 0.456. The quantitative estimate of drug-likeness (QED) is 0.560. The van der Waals surface area contributed by atoms with Gasteiger partial charge in [-0.1, -0.05) is 12.1 Å². The molecule has 0 bridgehead atoms. The van der Waals surface area contributed by atoms with Crippen LogP contribution in [0.2, 0.25) is 0 Å². The minimum atomic E-state index is -3.74. The number of primary sulfonamides is 1. The van der Waals surface area contributed by atoms with E-state index in [4.69, 9.17) is 14.3 Å². The monoisotopic (exact) mass is 385 g/mol. The topological polar surface area (TPSA) is 117 Å². The molecule has 0 saturated heterocycles. The predicted molar refractivity (Wildman–Crippen MR) is 99.1 cm³/mol. The number of ether oxygens (including phenoxy) is 1. The third kappa shape index (κ3) is 3.29. The van der Waals surface area contributed by atoms with Gasteiger partial charge in [0, 0.05) is 5.39 Å². The van der Waals surface area contributed by atoms with Crippen molar-refractivity contribution in [2.24, 2.45) is 5.14 Å². The summed E-state index contributed by atoms with van der Waals surface area (Å²) in [5.74, 6) is 0.466. The zero-order chi connectivity index (χ0) is 19.0. The largest absolute Gasteiger partial charge is 0.492 e. The van der Waals surface area contributed by atoms with E-state index in [0.717, 1.165) is 5.39 Å². The molecule has 0 amide bonds. The molecule has 27 heavy (non-hydrogen) atoms. The van der Waals surface area contributed by atoms with E-state index >= 15 is 0 Å². The van der Waals surface area contributed by atoms with Gasteiger partial charge >= 0.3 is 0 Å². The van der Waals surface area contributed by atoms with Gasteiger partial charge in [0.05, 0.1) is 17.8 Å². The van der Waals surface area contributed by atoms with Crippen LogP contribution in [0, 0.1) is 0 Å². The third-order valence-electron chi connectivity index (χ3n) is 4.10. The van der Waals surface area contributed by atoms with Gasteiger partial charge in [-0.2, -0.15) is 0 Å². The third-order valence-corrected chi connectivity index (χ3v) is 5.03. The Balaban J connectivity index is 1.51. The Morgan fingerprint density at radius 2 is 1.85 bits per heavy atom. The molecule has 2 aromatic heterocycles. The van der Waals surface area contributed by atoms with Crippen LogP contribution in [0.3, 0.4) is 0 Å². The highest BCUT2D eigenvalue weighted by Gasteiger charge is 2.13. The van der Waals surface area contributed by atoms with Crippen molar-refractivity contribution in [1.29, 1.82) is 0 Å². The molecular formula is C18H15N3O5S. The van der Waals surface area contributed by atoms with E-state index in [1.165, 1.54) is 35.2 Å². The van der Waals surface area contributed by atoms with Crippen LogP contribution < -0.4 is 15.4 Å². The maximum atomic E-state index is 12.6. The van der Waals surface area contributed by atoms with Crippen LogP contribution in [0.5, 0.6) is 5.75 Å². The molecule has 4 rings (SSSR count). The van der Waals surface area contributed by atoms with Crippen molar-refractivity contribution in [3.05, 3.63) is 65.2 Å². The summed E-state index contributed by atoms with van der Waals surface area (Å²) in [6, 6.07) is 13.1. The number of para-hydroxylation sites is 1. The van der Waals surface area contributed by atoms with Crippen molar-refractivity contribution in [3.8, 4) is 5.75 Å². The van der Waals surface area contributed by atoms with Crippen LogP contribution in [0.1, 0.15) is 0 Å². The molecule has 8 nitrogen and oxygen atoms in total. The number of furan rings is 1. The smallest absolute Gasteiger partial charge is 0.297 e. The summed E-state index contributed by atoms with van der Waals surface area (Å²) >= 11 is 0. The van der Waals surface area contributed by atoms with Gasteiger partial charge in [0.15, 0.2) is 0 Å². The number of hydrogen-bond donors (Lipinski definition) is 1. The number of benzene rings is 2. The second-order valence-corrected chi connectivity index (χ2v) is 7.45. The highest BCUT2D eigenvalue weighted by molar-refractivity contribution is 7.89. The van der Waals surface area contributed by atoms with Crippen molar-refractivity contribution in [1.82, 2.24) is 9.55 Å². The number of aromatic nitrogens is 2. The molecule has 0 radical (unpaired) electrons. The van der Waals surface area contributed by atoms with Crippen molar-refractivity contribution < 1.29 is 17.6 Å². The molecule has 9 heteroatoms. The summed E-state index contributed by atoms with van der Waals surface area (Å²) < 4.78 is 35.1. The van der Waals surface area contributed by atoms with Crippen molar-refractivity contribution in [3.63, 3.8) is 0 Å². The lowest BCUT2D eigenvalue weighted by Crippen LogP contribution is -2.23. The maximum Gasteiger partial charge on any atom is 0.297 e. The van der Waals surface area contributed by atoms with Crippen LogP contribution in [0.4, 0.5) is 0 Å². The Labute approximate surface area is 153 Å². The molecular weight excluding hydrogens is 370 g/mol. The summed E-state index contributed by atoms with van der Waals surface area (Å²) in [5.41, 5.74) is 1.06. The Kier molecular flexibility index (Phi) is 4.17. The van der Waals surface area contributed by atoms with E-state index in [9.17, 15) is 13.2 Å². The van der Waals surface area contributed by atoms with E-state index in [2.05, 4.69) is 4.98 Å². The van der Waals surface area contributed by atoms with Crippen LogP contribution >= 0.6 is 0 Å². The van der Waals surface area contributed by atoms with E-state index < -0.39 is 10.0 Å². The molecule has 0 saturated carbocycles. The lowest BCUT2D eigenvalue weighted by Gasteiger charge is -2.08. The predicted octanol–water partition coefficient (Wildman–Crippen LogP) is 1.87. The van der Waals surface area contributed by atoms with Gasteiger partial charge < -0.3 is 9.15 Å². The fourth-order valence-corrected chi connectivity index (χ4v) is 3.28. The standard InChI is InChI=1S/C18H15N3O5S/c19-27(23,24)13-7-5-12(6-8-13)25-10-9-21-11-20-16-14-3-1-2-4-15(14)26-17(16)18(21)22/h1-8,11H,9-10H2,(H2,19,23,24). The van der Waals surface area contributed by atoms with E-state index in [1.807, 2.05) is 18.2 Å². The summed E-state index contributed by atoms with van der Waals surface area (Å²) in [7, 11) is -3.74. The highest BCUT2D eigenvalue weighted by atomic mass is 32.2. The van der Waals surface area contributed by atoms with Gasteiger partial charge in [-0.25, -0.2) is 18.5 Å². The molecule has 0 atom stereocenters. The SMILES string of the molecule is NS(=O)(=O)c1ccc(OCCn2cnc3c(oc4ccccc43)c2=O)cc1. The summed E-state index contributed by atoms with van der Waals surface area (Å²) in [4.78, 5) is 16.9. The molecule has 0 aliphatic heterocycles. The van der Waals surface area contributed by atoms with Crippen molar-refractivity contribution in [2.45, 2.75) is 11.4 Å². The highest BCUT2D eigenvalue weighted by Crippen LogP contribution is 2.24. The van der Waals surface area contributed by atoms with Crippen molar-refractivity contribution >= 4 is 32.1 Å². The zero-order valence-corrected chi connectivity index (χ0v) is 14.8. The van der Waals surface area contributed by atoms with Gasteiger partial charge in [0.25, 0.3) is 5.56 Å². The van der Waals surface area contributed by atoms with Crippen LogP contribution in [-0.2, 0) is 16.6 Å². The van der Waals surface area contributed by atoms with Crippen molar-refractivity contribution in [2.75, 3.05) is 6.61 Å². The molecule has 0 aliphatic rings. The molecule has 0 aliphatic carbocycles. The molecule has 2 heterocycles. The molecule has 0 fully saturated rings. The van der Waals surface area contributed by atoms with Gasteiger partial charge in [0.1, 0.15) is 23.5 Å². The molecule has 0 spiro atoms. The molecule has 138 valence electrons. The number of rotatable bonds is 5. The average molecular weight is 385 g/mol. The number of nitrogens with two attached hydrogens (primary N) is 1. The molecule has 2 aromatic carbocycles. The number of fused-ring (bicyclic) bond motifs is 3. The first-order valence-electron chi connectivity index (χ1n) is 8.06. The molecule has 2 N–H and O–H groups in total. The number of nitrogens with zero attached hydrogens (tertiary/aromatic N) is 2. The fourth-order valence-electron chi connectivity index (χ4n) is 2.76. The fraction of sp³-hybridized carbons (Fsp3) is 0.111. The molecule has 4 aromatic rings. The van der Waals surface area contributed by atoms with E-state index in [-0.39, 0.29) is 29.2 Å². The second-order valence-electron chi connectivity index (χ2n) is 5.88. The Morgan fingerprint density at radius 1 is 1.11 bits per heavy atom. The molecule has 0 unspecified atom stereocenters. The van der Waals surface area contributed by atoms with Crippen LogP contribution in [0.15, 0.2) is 69.0 Å². The van der Waals surface area contributed by atoms with Gasteiger partial charge in [-0.15, -0.1) is 0 Å². The number of sulfonamides is 1. The van der Waals surface area contributed by atoms with Gasteiger partial charge in [-0.3, -0.25) is 9.36 Å². The van der Waals surface area contributed by atoms with Crippen LogP contribution in [0.25, 0.3) is 22.1 Å². The zero-order valence-electron chi connectivity index (χ0n) is 14.0. The Morgan fingerprint density at radius 3 is 2.59 bits per heavy atom. The van der Waals surface area contributed by atoms with Gasteiger partial charge in [-0.05, 0) is 36.4 Å². The first-order valence-corrected chi connectivity index (χ1v) is 9.60. The first kappa shape index (κ1) is 17.3. The lowest BCUT2D eigenvalue weighted by atomic mass is 10.2. The Hall–Kier alpha value is -3.17. The summed E-state index contributed by atoms with van der Waals surface area (Å²) in [6.07, 6.45) is 1.46. The first-order chi connectivity index (χ1) is 12.9. The maximum absolute atomic E-state index is 12.6. The minimum absolute atomic E-state index is 0.00519. The average Bonchev–Trinajstić information content (AvgIpc) is 3.03. The van der Waals surface area contributed by atoms with E-state index in [0.29, 0.717) is 16.8 Å². The van der Waals surface area contributed by atoms with Crippen LogP contribution in [-0.4, -0.2) is 24.6 Å². The van der Waals surface area contributed by atoms with E-state index in [1.54, 1.807) is 6.07 Å². The van der Waals surface area contributed by atoms with Gasteiger partial charge in [0.2, 0.25) is 15.6 Å². The second kappa shape index (κ2) is 6.53. The minimum Gasteiger partial charge on any atom is -0.492 e. The number of hydrogen-bond acceptors (Lipinski definition) is 6. The summed E-state index contributed by atoms with van der Waals surface area (Å²) in [5, 5.41) is 5.84. The lowest BCUT2D eigenvalue weighted by molar-refractivity contribution is 0.295. The Bertz CT molecular complexity index is 1290.